The smallest absolute Gasteiger partial charge is 0.290 e. The van der Waals surface area contributed by atoms with Gasteiger partial charge in [0.25, 0.3) is 5.91 Å². The molecule has 0 spiro atoms. The van der Waals surface area contributed by atoms with Crippen molar-refractivity contribution in [2.45, 2.75) is 19.4 Å². The third-order valence-corrected chi connectivity index (χ3v) is 6.10. The van der Waals surface area contributed by atoms with Gasteiger partial charge in [0.05, 0.1) is 30.2 Å². The van der Waals surface area contributed by atoms with Gasteiger partial charge < -0.3 is 14.1 Å². The fourth-order valence-corrected chi connectivity index (χ4v) is 4.54. The Kier molecular flexibility index (Phi) is 5.29. The molecule has 1 amide bonds. The zero-order valence-corrected chi connectivity index (χ0v) is 17.5. The SMILES string of the molecule is Cc1ccc2oc3c(c(=O)c2c1)C(c1cccnc1)N(CCCN1CCOCC1)C3=O. The van der Waals surface area contributed by atoms with Gasteiger partial charge in [-0.05, 0) is 37.1 Å². The number of nitrogens with zero attached hydrogens (tertiary/aromatic N) is 3. The van der Waals surface area contributed by atoms with Crippen LogP contribution in [0.1, 0.15) is 39.7 Å². The van der Waals surface area contributed by atoms with Crippen molar-refractivity contribution in [2.75, 3.05) is 39.4 Å². The van der Waals surface area contributed by atoms with E-state index in [0.29, 0.717) is 23.1 Å². The maximum Gasteiger partial charge on any atom is 0.290 e. The van der Waals surface area contributed by atoms with Crippen molar-refractivity contribution in [1.82, 2.24) is 14.8 Å². The van der Waals surface area contributed by atoms with Crippen molar-refractivity contribution in [3.63, 3.8) is 0 Å². The number of aryl methyl sites for hydroxylation is 1. The molecule has 7 heteroatoms. The average Bonchev–Trinajstić information content (AvgIpc) is 3.08. The van der Waals surface area contributed by atoms with E-state index in [1.54, 1.807) is 23.4 Å². The van der Waals surface area contributed by atoms with Crippen molar-refractivity contribution in [1.29, 1.82) is 0 Å². The fourth-order valence-electron chi connectivity index (χ4n) is 4.54. The molecule has 7 nitrogen and oxygen atoms in total. The van der Waals surface area contributed by atoms with Gasteiger partial charge in [-0.15, -0.1) is 0 Å². The summed E-state index contributed by atoms with van der Waals surface area (Å²) in [5.74, 6) is -0.0769. The number of aromatic nitrogens is 1. The lowest BCUT2D eigenvalue weighted by Crippen LogP contribution is -2.38. The van der Waals surface area contributed by atoms with Crippen molar-refractivity contribution < 1.29 is 13.9 Å². The molecule has 4 heterocycles. The lowest BCUT2D eigenvalue weighted by Gasteiger charge is -2.29. The predicted octanol–water partition coefficient (Wildman–Crippen LogP) is 2.76. The van der Waals surface area contributed by atoms with E-state index in [4.69, 9.17) is 9.15 Å². The van der Waals surface area contributed by atoms with E-state index in [1.807, 2.05) is 31.2 Å². The molecule has 0 bridgehead atoms. The van der Waals surface area contributed by atoms with E-state index in [0.717, 1.165) is 50.4 Å². The lowest BCUT2D eigenvalue weighted by atomic mass is 9.99. The Morgan fingerprint density at radius 1 is 1.13 bits per heavy atom. The number of hydrogen-bond acceptors (Lipinski definition) is 6. The highest BCUT2D eigenvalue weighted by atomic mass is 16.5. The molecule has 31 heavy (non-hydrogen) atoms. The molecule has 5 rings (SSSR count). The summed E-state index contributed by atoms with van der Waals surface area (Å²) in [6.45, 7) is 6.66. The van der Waals surface area contributed by atoms with Gasteiger partial charge in [0.2, 0.25) is 5.76 Å². The largest absolute Gasteiger partial charge is 0.450 e. The highest BCUT2D eigenvalue weighted by Crippen LogP contribution is 2.38. The van der Waals surface area contributed by atoms with Gasteiger partial charge in [0.15, 0.2) is 5.43 Å². The van der Waals surface area contributed by atoms with E-state index >= 15 is 0 Å². The number of benzene rings is 1. The van der Waals surface area contributed by atoms with Crippen LogP contribution in [0.15, 0.2) is 51.9 Å². The van der Waals surface area contributed by atoms with E-state index in [9.17, 15) is 9.59 Å². The Labute approximate surface area is 180 Å². The van der Waals surface area contributed by atoms with Crippen LogP contribution in [0, 0.1) is 6.92 Å². The van der Waals surface area contributed by atoms with E-state index in [-0.39, 0.29) is 17.1 Å². The summed E-state index contributed by atoms with van der Waals surface area (Å²) in [5.41, 5.74) is 2.52. The molecule has 1 aromatic carbocycles. The topological polar surface area (TPSA) is 75.9 Å². The maximum absolute atomic E-state index is 13.5. The number of carbonyl (C=O) groups excluding carboxylic acids is 1. The molecule has 0 N–H and O–H groups in total. The number of ether oxygens (including phenoxy) is 1. The second kappa shape index (κ2) is 8.24. The zero-order valence-electron chi connectivity index (χ0n) is 17.5. The number of morpholine rings is 1. The van der Waals surface area contributed by atoms with Crippen LogP contribution in [-0.4, -0.2) is 60.1 Å². The molecule has 1 unspecified atom stereocenters. The Morgan fingerprint density at radius 2 is 1.97 bits per heavy atom. The van der Waals surface area contributed by atoms with Crippen LogP contribution in [-0.2, 0) is 4.74 Å². The fraction of sp³-hybridized carbons (Fsp3) is 0.375. The molecular formula is C24H25N3O4. The molecule has 2 aliphatic rings. The second-order valence-corrected chi connectivity index (χ2v) is 8.17. The van der Waals surface area contributed by atoms with Crippen LogP contribution in [0.3, 0.4) is 0 Å². The Hall–Kier alpha value is -3.03. The highest BCUT2D eigenvalue weighted by Gasteiger charge is 2.42. The molecule has 1 fully saturated rings. The van der Waals surface area contributed by atoms with Crippen LogP contribution in [0.4, 0.5) is 0 Å². The number of pyridine rings is 1. The van der Waals surface area contributed by atoms with Gasteiger partial charge in [0.1, 0.15) is 5.58 Å². The summed E-state index contributed by atoms with van der Waals surface area (Å²) in [7, 11) is 0. The first-order valence-electron chi connectivity index (χ1n) is 10.7. The van der Waals surface area contributed by atoms with Crippen molar-refractivity contribution in [3.8, 4) is 0 Å². The Morgan fingerprint density at radius 3 is 2.74 bits per heavy atom. The van der Waals surface area contributed by atoms with Crippen molar-refractivity contribution in [3.05, 3.63) is 75.4 Å². The Bertz CT molecular complexity index is 1170. The second-order valence-electron chi connectivity index (χ2n) is 8.17. The first-order valence-corrected chi connectivity index (χ1v) is 10.7. The molecule has 1 atom stereocenters. The van der Waals surface area contributed by atoms with Gasteiger partial charge in [-0.25, -0.2) is 0 Å². The summed E-state index contributed by atoms with van der Waals surface area (Å²) >= 11 is 0. The number of rotatable bonds is 5. The Balaban J connectivity index is 1.52. The highest BCUT2D eigenvalue weighted by molar-refractivity contribution is 5.99. The van der Waals surface area contributed by atoms with Crippen LogP contribution in [0.2, 0.25) is 0 Å². The molecule has 3 aromatic rings. The van der Waals surface area contributed by atoms with E-state index in [1.165, 1.54) is 0 Å². The van der Waals surface area contributed by atoms with Crippen molar-refractivity contribution >= 4 is 16.9 Å². The number of fused-ring (bicyclic) bond motifs is 2. The first kappa shape index (κ1) is 19.9. The summed E-state index contributed by atoms with van der Waals surface area (Å²) in [6.07, 6.45) is 4.22. The van der Waals surface area contributed by atoms with Gasteiger partial charge >= 0.3 is 0 Å². The summed E-state index contributed by atoms with van der Waals surface area (Å²) in [6, 6.07) is 8.73. The molecule has 2 aliphatic heterocycles. The van der Waals surface area contributed by atoms with Crippen molar-refractivity contribution in [2.24, 2.45) is 0 Å². The standard InChI is InChI=1S/C24H25N3O4/c1-16-5-6-19-18(14-16)22(28)20-21(17-4-2-7-25-15-17)27(24(29)23(20)31-19)9-3-8-26-10-12-30-13-11-26/h2,4-7,14-15,21H,3,8-13H2,1H3. The minimum absolute atomic E-state index is 0.141. The van der Waals surface area contributed by atoms with Crippen LogP contribution >= 0.6 is 0 Å². The monoisotopic (exact) mass is 419 g/mol. The van der Waals surface area contributed by atoms with E-state index < -0.39 is 6.04 Å². The molecule has 2 aromatic heterocycles. The van der Waals surface area contributed by atoms with Crippen LogP contribution in [0.25, 0.3) is 11.0 Å². The maximum atomic E-state index is 13.5. The van der Waals surface area contributed by atoms with Gasteiger partial charge in [-0.1, -0.05) is 17.7 Å². The van der Waals surface area contributed by atoms with Gasteiger partial charge in [0, 0.05) is 38.6 Å². The van der Waals surface area contributed by atoms with E-state index in [2.05, 4.69) is 9.88 Å². The molecular weight excluding hydrogens is 394 g/mol. The lowest BCUT2D eigenvalue weighted by molar-refractivity contribution is 0.0353. The number of hydrogen-bond donors (Lipinski definition) is 0. The minimum atomic E-state index is -0.484. The molecule has 1 saturated heterocycles. The van der Waals surface area contributed by atoms with Crippen LogP contribution in [0.5, 0.6) is 0 Å². The predicted molar refractivity (Wildman–Crippen MR) is 116 cm³/mol. The molecule has 0 radical (unpaired) electrons. The summed E-state index contributed by atoms with van der Waals surface area (Å²) in [5, 5.41) is 0.510. The molecule has 0 saturated carbocycles. The first-order chi connectivity index (χ1) is 15.1. The molecule has 0 aliphatic carbocycles. The van der Waals surface area contributed by atoms with Gasteiger partial charge in [-0.2, -0.15) is 0 Å². The summed E-state index contributed by atoms with van der Waals surface area (Å²) in [4.78, 5) is 35.2. The average molecular weight is 419 g/mol. The van der Waals surface area contributed by atoms with Gasteiger partial charge in [-0.3, -0.25) is 19.5 Å². The third kappa shape index (κ3) is 3.64. The third-order valence-electron chi connectivity index (χ3n) is 6.10. The van der Waals surface area contributed by atoms with Crippen LogP contribution < -0.4 is 5.43 Å². The summed E-state index contributed by atoms with van der Waals surface area (Å²) < 4.78 is 11.4. The quantitative estimate of drug-likeness (QED) is 0.633. The zero-order chi connectivity index (χ0) is 21.4. The minimum Gasteiger partial charge on any atom is -0.450 e. The number of amides is 1. The normalized spacial score (nSPS) is 19.2. The molecule has 160 valence electrons. The number of carbonyl (C=O) groups is 1.